The highest BCUT2D eigenvalue weighted by atomic mass is 16.3. The van der Waals surface area contributed by atoms with E-state index in [2.05, 4.69) is 5.32 Å². The molecule has 0 heterocycles. The summed E-state index contributed by atoms with van der Waals surface area (Å²) in [7, 11) is 1.92. The molecule has 0 amide bonds. The first-order valence-corrected chi connectivity index (χ1v) is 4.49. The van der Waals surface area contributed by atoms with Gasteiger partial charge in [0.1, 0.15) is 0 Å². The fourth-order valence-corrected chi connectivity index (χ4v) is 0.886. The highest BCUT2D eigenvalue weighted by Crippen LogP contribution is 1.80. The van der Waals surface area contributed by atoms with E-state index in [0.29, 0.717) is 13.1 Å². The summed E-state index contributed by atoms with van der Waals surface area (Å²) in [4.78, 5) is 1.98. The normalized spacial score (nSPS) is 13.6. The fraction of sp³-hybridized carbons (Fsp3) is 1.00. The van der Waals surface area contributed by atoms with Gasteiger partial charge < -0.3 is 25.5 Å². The average molecular weight is 192 g/mol. The van der Waals surface area contributed by atoms with Crippen molar-refractivity contribution in [2.24, 2.45) is 0 Å². The molecule has 0 rings (SSSR count). The Kier molecular flexibility index (Phi) is 8.27. The zero-order chi connectivity index (χ0) is 10.1. The molecule has 0 aromatic heterocycles. The molecule has 0 aliphatic rings. The first-order chi connectivity index (χ1) is 6.20. The summed E-state index contributed by atoms with van der Waals surface area (Å²) in [6.45, 7) is 2.58. The van der Waals surface area contributed by atoms with Crippen molar-refractivity contribution in [1.82, 2.24) is 10.2 Å². The van der Waals surface area contributed by atoms with Crippen LogP contribution >= 0.6 is 0 Å². The monoisotopic (exact) mass is 192 g/mol. The van der Waals surface area contributed by atoms with Crippen LogP contribution in [-0.4, -0.2) is 72.8 Å². The molecule has 1 unspecified atom stereocenters. The van der Waals surface area contributed by atoms with Crippen LogP contribution in [0.25, 0.3) is 0 Å². The van der Waals surface area contributed by atoms with Crippen molar-refractivity contribution < 1.29 is 15.3 Å². The minimum Gasteiger partial charge on any atom is -0.395 e. The van der Waals surface area contributed by atoms with Crippen molar-refractivity contribution in [2.75, 3.05) is 46.4 Å². The van der Waals surface area contributed by atoms with E-state index in [1.54, 1.807) is 0 Å². The van der Waals surface area contributed by atoms with E-state index in [9.17, 15) is 0 Å². The van der Waals surface area contributed by atoms with Crippen LogP contribution in [0.1, 0.15) is 0 Å². The maximum absolute atomic E-state index is 8.96. The van der Waals surface area contributed by atoms with Gasteiger partial charge in [-0.1, -0.05) is 0 Å². The molecule has 0 aliphatic carbocycles. The van der Waals surface area contributed by atoms with Crippen molar-refractivity contribution in [2.45, 2.75) is 6.10 Å². The number of aliphatic hydroxyl groups excluding tert-OH is 3. The van der Waals surface area contributed by atoms with Gasteiger partial charge in [-0.2, -0.15) is 0 Å². The van der Waals surface area contributed by atoms with Gasteiger partial charge in [0, 0.05) is 26.2 Å². The second-order valence-electron chi connectivity index (χ2n) is 3.07. The third kappa shape index (κ3) is 8.14. The molecule has 5 heteroatoms. The smallest absolute Gasteiger partial charge is 0.0894 e. The van der Waals surface area contributed by atoms with Gasteiger partial charge in [0.05, 0.1) is 19.3 Å². The van der Waals surface area contributed by atoms with Crippen molar-refractivity contribution >= 4 is 0 Å². The molecule has 0 saturated carbocycles. The predicted molar refractivity (Wildman–Crippen MR) is 50.5 cm³/mol. The van der Waals surface area contributed by atoms with Crippen LogP contribution in [0.15, 0.2) is 0 Å². The molecular weight excluding hydrogens is 172 g/mol. The van der Waals surface area contributed by atoms with Gasteiger partial charge in [0.25, 0.3) is 0 Å². The SMILES string of the molecule is CN(CCO)CCNCC(O)CO. The number of hydrogen-bond acceptors (Lipinski definition) is 5. The molecule has 0 fully saturated rings. The lowest BCUT2D eigenvalue weighted by Crippen LogP contribution is -2.35. The van der Waals surface area contributed by atoms with E-state index < -0.39 is 6.10 Å². The number of aliphatic hydroxyl groups is 3. The van der Waals surface area contributed by atoms with E-state index in [4.69, 9.17) is 15.3 Å². The molecule has 1 atom stereocenters. The van der Waals surface area contributed by atoms with Crippen molar-refractivity contribution in [3.8, 4) is 0 Å². The molecule has 13 heavy (non-hydrogen) atoms. The van der Waals surface area contributed by atoms with Crippen LogP contribution in [0, 0.1) is 0 Å². The molecule has 0 saturated heterocycles. The number of hydrogen-bond donors (Lipinski definition) is 4. The van der Waals surface area contributed by atoms with Gasteiger partial charge in [-0.25, -0.2) is 0 Å². The molecule has 4 N–H and O–H groups in total. The topological polar surface area (TPSA) is 76.0 Å². The van der Waals surface area contributed by atoms with E-state index in [1.165, 1.54) is 0 Å². The first kappa shape index (κ1) is 12.8. The molecular formula is C8H20N2O3. The Balaban J connectivity index is 3.15. The Labute approximate surface area is 79.0 Å². The van der Waals surface area contributed by atoms with Gasteiger partial charge in [0.15, 0.2) is 0 Å². The van der Waals surface area contributed by atoms with Crippen LogP contribution in [-0.2, 0) is 0 Å². The zero-order valence-electron chi connectivity index (χ0n) is 8.11. The van der Waals surface area contributed by atoms with Gasteiger partial charge in [-0.15, -0.1) is 0 Å². The second-order valence-corrected chi connectivity index (χ2v) is 3.07. The highest BCUT2D eigenvalue weighted by molar-refractivity contribution is 4.59. The summed E-state index contributed by atoms with van der Waals surface area (Å²) < 4.78 is 0. The summed E-state index contributed by atoms with van der Waals surface area (Å²) in [6, 6.07) is 0. The minimum absolute atomic E-state index is 0.162. The Morgan fingerprint density at radius 2 is 2.00 bits per heavy atom. The lowest BCUT2D eigenvalue weighted by atomic mass is 10.4. The summed E-state index contributed by atoms with van der Waals surface area (Å²) in [6.07, 6.45) is -0.678. The first-order valence-electron chi connectivity index (χ1n) is 4.49. The molecule has 0 aliphatic heterocycles. The minimum atomic E-state index is -0.678. The maximum Gasteiger partial charge on any atom is 0.0894 e. The van der Waals surface area contributed by atoms with Crippen molar-refractivity contribution in [3.05, 3.63) is 0 Å². The second kappa shape index (κ2) is 8.40. The van der Waals surface area contributed by atoms with Gasteiger partial charge in [-0.05, 0) is 7.05 Å². The zero-order valence-corrected chi connectivity index (χ0v) is 8.11. The molecule has 0 aromatic carbocycles. The van der Waals surface area contributed by atoms with Gasteiger partial charge in [-0.3, -0.25) is 0 Å². The number of nitrogens with one attached hydrogen (secondary N) is 1. The molecule has 0 bridgehead atoms. The Morgan fingerprint density at radius 3 is 2.54 bits per heavy atom. The summed E-state index contributed by atoms with van der Waals surface area (Å²) in [5, 5.41) is 29.0. The van der Waals surface area contributed by atoms with Crippen LogP contribution in [0.3, 0.4) is 0 Å². The Morgan fingerprint density at radius 1 is 1.31 bits per heavy atom. The van der Waals surface area contributed by atoms with Crippen molar-refractivity contribution in [3.63, 3.8) is 0 Å². The van der Waals surface area contributed by atoms with Crippen LogP contribution in [0.2, 0.25) is 0 Å². The van der Waals surface area contributed by atoms with Crippen molar-refractivity contribution in [1.29, 1.82) is 0 Å². The summed E-state index contributed by atoms with van der Waals surface area (Å²) in [5.74, 6) is 0. The standard InChI is InChI=1S/C8H20N2O3/c1-10(4-5-11)3-2-9-6-8(13)7-12/h8-9,11-13H,2-7H2,1H3. The van der Waals surface area contributed by atoms with Crippen LogP contribution < -0.4 is 5.32 Å². The Hall–Kier alpha value is -0.200. The van der Waals surface area contributed by atoms with Gasteiger partial charge >= 0.3 is 0 Å². The van der Waals surface area contributed by atoms with E-state index in [1.807, 2.05) is 11.9 Å². The number of likely N-dealkylation sites (N-methyl/N-ethyl adjacent to an activating group) is 1. The molecule has 0 radical (unpaired) electrons. The third-order valence-electron chi connectivity index (χ3n) is 1.74. The van der Waals surface area contributed by atoms with E-state index >= 15 is 0 Å². The van der Waals surface area contributed by atoms with E-state index in [0.717, 1.165) is 13.1 Å². The summed E-state index contributed by atoms with van der Waals surface area (Å²) >= 11 is 0. The molecule has 80 valence electrons. The molecule has 0 aromatic rings. The number of nitrogens with zero attached hydrogens (tertiary/aromatic N) is 1. The third-order valence-corrected chi connectivity index (χ3v) is 1.74. The van der Waals surface area contributed by atoms with Gasteiger partial charge in [0.2, 0.25) is 0 Å². The van der Waals surface area contributed by atoms with Crippen LogP contribution in [0.4, 0.5) is 0 Å². The lowest BCUT2D eigenvalue weighted by molar-refractivity contribution is 0.0938. The van der Waals surface area contributed by atoms with E-state index in [-0.39, 0.29) is 13.2 Å². The maximum atomic E-state index is 8.96. The lowest BCUT2D eigenvalue weighted by Gasteiger charge is -2.15. The summed E-state index contributed by atoms with van der Waals surface area (Å²) in [5.41, 5.74) is 0. The fourth-order valence-electron chi connectivity index (χ4n) is 0.886. The highest BCUT2D eigenvalue weighted by Gasteiger charge is 2.00. The average Bonchev–Trinajstić information content (AvgIpc) is 2.12. The Bertz CT molecular complexity index is 114. The molecule has 5 nitrogen and oxygen atoms in total. The molecule has 0 spiro atoms. The quantitative estimate of drug-likeness (QED) is 0.330. The largest absolute Gasteiger partial charge is 0.395 e. The van der Waals surface area contributed by atoms with Crippen LogP contribution in [0.5, 0.6) is 0 Å². The predicted octanol–water partition coefficient (Wildman–Crippen LogP) is -2.15. The number of rotatable bonds is 8.